The fraction of sp³-hybridized carbons (Fsp3) is 0. The highest BCUT2D eigenvalue weighted by Crippen LogP contribution is 2.12. The first kappa shape index (κ1) is 12.0. The van der Waals surface area contributed by atoms with Gasteiger partial charge in [-0.25, -0.2) is 0 Å². The number of allylic oxidation sites excluding steroid dienone is 4. The quantitative estimate of drug-likeness (QED) is 0.353. The summed E-state index contributed by atoms with van der Waals surface area (Å²) >= 11 is 3.34. The summed E-state index contributed by atoms with van der Waals surface area (Å²) in [6.07, 6.45) is 0. The van der Waals surface area contributed by atoms with Crippen molar-refractivity contribution in [3.8, 4) is 0 Å². The third-order valence-corrected chi connectivity index (χ3v) is 3.03. The first-order valence-corrected chi connectivity index (χ1v) is 5.04. The van der Waals surface area contributed by atoms with E-state index in [1.165, 1.54) is 21.9 Å². The van der Waals surface area contributed by atoms with Crippen LogP contribution >= 0.6 is 15.9 Å². The van der Waals surface area contributed by atoms with Crippen molar-refractivity contribution in [2.45, 2.75) is 0 Å². The van der Waals surface area contributed by atoms with Crippen molar-refractivity contribution in [2.24, 2.45) is 0 Å². The summed E-state index contributed by atoms with van der Waals surface area (Å²) in [5, 5.41) is 0. The highest BCUT2D eigenvalue weighted by molar-refractivity contribution is 9.11. The van der Waals surface area contributed by atoms with Crippen LogP contribution in [0.4, 0.5) is 0 Å². The zero-order valence-electron chi connectivity index (χ0n) is 8.53. The predicted octanol–water partition coefficient (Wildman–Crippen LogP) is -2.56. The van der Waals surface area contributed by atoms with Crippen LogP contribution in [0, 0.1) is 0 Å². The third-order valence-electron chi connectivity index (χ3n) is 2.34. The van der Waals surface area contributed by atoms with Crippen molar-refractivity contribution in [3.63, 3.8) is 0 Å². The summed E-state index contributed by atoms with van der Waals surface area (Å²) in [6, 6.07) is 0. The van der Waals surface area contributed by atoms with E-state index in [2.05, 4.69) is 61.1 Å². The minimum atomic E-state index is 1.29. The minimum absolute atomic E-state index is 1.29. The molecule has 0 amide bonds. The van der Waals surface area contributed by atoms with E-state index in [9.17, 15) is 0 Å². The molecule has 0 spiro atoms. The van der Waals surface area contributed by atoms with E-state index in [1.54, 1.807) is 0 Å². The van der Waals surface area contributed by atoms with Gasteiger partial charge in [-0.15, -0.1) is 22.4 Å². The smallest absolute Gasteiger partial charge is 0.131 e. The summed E-state index contributed by atoms with van der Waals surface area (Å²) in [4.78, 5) is 1.97. The normalized spacial score (nSPS) is 15.8. The van der Waals surface area contributed by atoms with Crippen LogP contribution < -0.4 is 0 Å². The molecule has 0 saturated heterocycles. The summed E-state index contributed by atoms with van der Waals surface area (Å²) in [5.74, 6) is 2.14. The van der Waals surface area contributed by atoms with E-state index >= 15 is 0 Å². The standard InChI is InChI=1S/C6H12B5Br/c7-1-3(8)5(10)6(11)4(9)2-12/h1-2H,7-11H2/b3-1-,4-2-,6-5-. The number of hydrogen-bond acceptors (Lipinski definition) is 0. The average molecular weight is 218 g/mol. The Kier molecular flexibility index (Phi) is 5.64. The molecule has 0 aliphatic heterocycles. The molecule has 0 aliphatic rings. The minimum Gasteiger partial charge on any atom is -0.131 e. The Morgan fingerprint density at radius 1 is 0.917 bits per heavy atom. The second-order valence-electron chi connectivity index (χ2n) is 3.01. The van der Waals surface area contributed by atoms with Crippen molar-refractivity contribution in [1.82, 2.24) is 0 Å². The van der Waals surface area contributed by atoms with Crippen molar-refractivity contribution in [2.75, 3.05) is 0 Å². The van der Waals surface area contributed by atoms with Crippen molar-refractivity contribution < 1.29 is 0 Å². The molecule has 0 bridgehead atoms. The van der Waals surface area contributed by atoms with E-state index in [1.807, 2.05) is 4.99 Å². The van der Waals surface area contributed by atoms with Gasteiger partial charge in [-0.2, -0.15) is 0 Å². The lowest BCUT2D eigenvalue weighted by Crippen LogP contribution is -1.99. The molecule has 58 valence electrons. The zero-order valence-corrected chi connectivity index (χ0v) is 10.1. The van der Waals surface area contributed by atoms with Crippen LogP contribution in [0.2, 0.25) is 0 Å². The largest absolute Gasteiger partial charge is 0.139 e. The van der Waals surface area contributed by atoms with Gasteiger partial charge < -0.3 is 0 Å². The molecule has 0 nitrogen and oxygen atoms in total. The van der Waals surface area contributed by atoms with Gasteiger partial charge in [0.25, 0.3) is 0 Å². The Hall–Kier alpha value is 0.0247. The van der Waals surface area contributed by atoms with E-state index in [0.717, 1.165) is 0 Å². The molecule has 0 aromatic heterocycles. The SMILES string of the molecule is B/C=C(B)/C(B)=C(B)\C(B)=C\Br. The molecular formula is C6H12B5Br. The Balaban J connectivity index is 4.95. The molecule has 0 saturated carbocycles. The van der Waals surface area contributed by atoms with Gasteiger partial charge in [-0.1, -0.05) is 21.4 Å². The number of hydrogen-bond donors (Lipinski definition) is 0. The molecule has 0 aromatic carbocycles. The maximum atomic E-state index is 3.34. The molecule has 0 N–H and O–H groups in total. The molecule has 0 heterocycles. The van der Waals surface area contributed by atoms with Crippen LogP contribution in [0.1, 0.15) is 0 Å². The lowest BCUT2D eigenvalue weighted by atomic mass is 9.64. The number of halogens is 1. The predicted molar refractivity (Wildman–Crippen MR) is 74.8 cm³/mol. The zero-order chi connectivity index (χ0) is 9.72. The van der Waals surface area contributed by atoms with Gasteiger partial charge >= 0.3 is 0 Å². The first-order chi connectivity index (χ1) is 5.54. The van der Waals surface area contributed by atoms with Crippen LogP contribution in [0.3, 0.4) is 0 Å². The highest BCUT2D eigenvalue weighted by Gasteiger charge is 1.98. The Labute approximate surface area is 88.1 Å². The fourth-order valence-corrected chi connectivity index (χ4v) is 1.23. The molecule has 0 radical (unpaired) electrons. The van der Waals surface area contributed by atoms with E-state index in [-0.39, 0.29) is 0 Å². The second kappa shape index (κ2) is 5.63. The van der Waals surface area contributed by atoms with E-state index in [0.29, 0.717) is 0 Å². The van der Waals surface area contributed by atoms with Gasteiger partial charge in [0.15, 0.2) is 0 Å². The molecule has 0 rings (SSSR count). The van der Waals surface area contributed by atoms with Gasteiger partial charge in [0.05, 0.1) is 0 Å². The van der Waals surface area contributed by atoms with E-state index < -0.39 is 0 Å². The van der Waals surface area contributed by atoms with Crippen LogP contribution in [0.15, 0.2) is 32.9 Å². The van der Waals surface area contributed by atoms with Gasteiger partial charge in [0.2, 0.25) is 0 Å². The van der Waals surface area contributed by atoms with Gasteiger partial charge in [-0.3, -0.25) is 0 Å². The van der Waals surface area contributed by atoms with Gasteiger partial charge in [0, 0.05) is 0 Å². The monoisotopic (exact) mass is 218 g/mol. The van der Waals surface area contributed by atoms with Crippen molar-refractivity contribution in [1.29, 1.82) is 0 Å². The summed E-state index contributed by atoms with van der Waals surface area (Å²) in [6.45, 7) is 0. The van der Waals surface area contributed by atoms with Crippen molar-refractivity contribution in [3.05, 3.63) is 32.9 Å². The fourth-order valence-electron chi connectivity index (χ4n) is 0.890. The highest BCUT2D eigenvalue weighted by atomic mass is 79.9. The van der Waals surface area contributed by atoms with Crippen LogP contribution in [0.25, 0.3) is 0 Å². The molecule has 12 heavy (non-hydrogen) atoms. The van der Waals surface area contributed by atoms with Crippen LogP contribution in [-0.4, -0.2) is 39.2 Å². The maximum absolute atomic E-state index is 3.34. The third kappa shape index (κ3) is 3.18. The molecule has 0 unspecified atom stereocenters. The van der Waals surface area contributed by atoms with Crippen LogP contribution in [-0.2, 0) is 0 Å². The van der Waals surface area contributed by atoms with Gasteiger partial charge in [0.1, 0.15) is 39.2 Å². The topological polar surface area (TPSA) is 0 Å². The maximum Gasteiger partial charge on any atom is 0.139 e. The van der Waals surface area contributed by atoms with E-state index in [4.69, 9.17) is 0 Å². The average Bonchev–Trinajstić information content (AvgIpc) is 2.12. The van der Waals surface area contributed by atoms with Crippen molar-refractivity contribution >= 4 is 55.2 Å². The Morgan fingerprint density at radius 2 is 1.33 bits per heavy atom. The van der Waals surface area contributed by atoms with Gasteiger partial charge in [-0.05, 0) is 4.99 Å². The summed E-state index contributed by atoms with van der Waals surface area (Å²) in [5.41, 5.74) is 5.35. The molecule has 0 aliphatic carbocycles. The summed E-state index contributed by atoms with van der Waals surface area (Å²) in [7, 11) is 10.6. The number of rotatable bonds is 2. The molecule has 0 aromatic rings. The lowest BCUT2D eigenvalue weighted by molar-refractivity contribution is 1.73. The molecule has 0 atom stereocenters. The molecular weight excluding hydrogens is 206 g/mol. The summed E-state index contributed by atoms with van der Waals surface area (Å²) < 4.78 is 0. The molecule has 6 heteroatoms. The Bertz CT molecular complexity index is 227. The lowest BCUT2D eigenvalue weighted by Gasteiger charge is -2.08. The van der Waals surface area contributed by atoms with Crippen LogP contribution in [0.5, 0.6) is 0 Å². The first-order valence-electron chi connectivity index (χ1n) is 4.12. The second-order valence-corrected chi connectivity index (χ2v) is 3.47. The molecule has 0 fully saturated rings. The Morgan fingerprint density at radius 3 is 1.67 bits per heavy atom.